The highest BCUT2D eigenvalue weighted by molar-refractivity contribution is 8.00. The number of hydrogen-bond donors (Lipinski definition) is 2. The quantitative estimate of drug-likeness (QED) is 0.239. The van der Waals surface area contributed by atoms with E-state index in [-0.39, 0.29) is 0 Å². The molecule has 4 N–H and O–H groups in total. The molecule has 0 saturated carbocycles. The number of nitrogens with zero attached hydrogens (tertiary/aromatic N) is 5. The van der Waals surface area contributed by atoms with Gasteiger partial charge < -0.3 is 24.9 Å². The minimum absolute atomic E-state index is 0.548. The van der Waals surface area contributed by atoms with Crippen LogP contribution >= 0.6 is 11.8 Å². The van der Waals surface area contributed by atoms with Gasteiger partial charge in [-0.25, -0.2) is 10.8 Å². The van der Waals surface area contributed by atoms with Crippen molar-refractivity contribution in [2.24, 2.45) is 17.5 Å². The molecule has 9 heteroatoms. The molecule has 0 radical (unpaired) electrons. The predicted octanol–water partition coefficient (Wildman–Crippen LogP) is 5.48. The molecular formula is C32H43N7OS. The van der Waals surface area contributed by atoms with Gasteiger partial charge >= 0.3 is 0 Å². The molecule has 0 bridgehead atoms. The zero-order valence-electron chi connectivity index (χ0n) is 24.7. The van der Waals surface area contributed by atoms with Gasteiger partial charge in [0.15, 0.2) is 0 Å². The van der Waals surface area contributed by atoms with Gasteiger partial charge in [-0.1, -0.05) is 50.2 Å². The second-order valence-electron chi connectivity index (χ2n) is 11.3. The Kier molecular flexibility index (Phi) is 9.37. The molecule has 2 atom stereocenters. The van der Waals surface area contributed by atoms with Gasteiger partial charge in [-0.05, 0) is 43.9 Å². The van der Waals surface area contributed by atoms with E-state index >= 15 is 0 Å². The van der Waals surface area contributed by atoms with E-state index in [9.17, 15) is 0 Å². The van der Waals surface area contributed by atoms with Crippen LogP contribution in [-0.4, -0.2) is 63.4 Å². The van der Waals surface area contributed by atoms with Crippen LogP contribution in [-0.2, 0) is 11.3 Å². The van der Waals surface area contributed by atoms with Crippen LogP contribution < -0.4 is 16.5 Å². The molecule has 1 aromatic carbocycles. The number of thioether (sulfide) groups is 1. The van der Waals surface area contributed by atoms with Crippen LogP contribution in [0.25, 0.3) is 27.8 Å². The van der Waals surface area contributed by atoms with E-state index in [4.69, 9.17) is 26.3 Å². The van der Waals surface area contributed by atoms with Gasteiger partial charge in [0.2, 0.25) is 0 Å². The summed E-state index contributed by atoms with van der Waals surface area (Å²) in [6.45, 7) is 11.0. The Labute approximate surface area is 247 Å². The van der Waals surface area contributed by atoms with Crippen LogP contribution in [0.1, 0.15) is 39.2 Å². The predicted molar refractivity (Wildman–Crippen MR) is 172 cm³/mol. The third-order valence-corrected chi connectivity index (χ3v) is 8.95. The van der Waals surface area contributed by atoms with Crippen LogP contribution in [0.5, 0.6) is 0 Å². The number of pyridine rings is 2. The second-order valence-corrected chi connectivity index (χ2v) is 13.1. The lowest BCUT2D eigenvalue weighted by atomic mass is 10.0. The highest BCUT2D eigenvalue weighted by Crippen LogP contribution is 2.34. The number of hydrazine groups is 1. The number of hydrogen-bond acceptors (Lipinski definition) is 8. The zero-order valence-corrected chi connectivity index (χ0v) is 25.5. The van der Waals surface area contributed by atoms with Crippen LogP contribution in [0, 0.1) is 5.92 Å². The number of rotatable bonds is 5. The van der Waals surface area contributed by atoms with Crippen molar-refractivity contribution in [2.45, 2.75) is 50.7 Å². The average Bonchev–Trinajstić information content (AvgIpc) is 3.26. The van der Waals surface area contributed by atoms with Crippen LogP contribution in [0.2, 0.25) is 0 Å². The minimum atomic E-state index is 0.548. The van der Waals surface area contributed by atoms with Crippen molar-refractivity contribution in [3.8, 4) is 0 Å². The van der Waals surface area contributed by atoms with Gasteiger partial charge in [0.05, 0.1) is 16.7 Å². The zero-order chi connectivity index (χ0) is 28.9. The molecule has 3 aromatic heterocycles. The molecule has 2 aliphatic heterocycles. The lowest BCUT2D eigenvalue weighted by molar-refractivity contribution is 0.0619. The molecule has 2 unspecified atom stereocenters. The Morgan fingerprint density at radius 2 is 1.68 bits per heavy atom. The summed E-state index contributed by atoms with van der Waals surface area (Å²) >= 11 is 2.06. The largest absolute Gasteiger partial charge is 0.401 e. The number of anilines is 1. The average molecular weight is 574 g/mol. The molecular weight excluding hydrogens is 530 g/mol. The fourth-order valence-electron chi connectivity index (χ4n) is 5.95. The number of nitrogens with two attached hydrogens (primary N) is 2. The smallest absolute Gasteiger partial charge is 0.145 e. The van der Waals surface area contributed by atoms with Crippen molar-refractivity contribution >= 4 is 45.3 Å². The number of allylic oxidation sites excluding steroid dienone is 1. The summed E-state index contributed by atoms with van der Waals surface area (Å²) in [5, 5.41) is 3.83. The molecule has 218 valence electrons. The van der Waals surface area contributed by atoms with E-state index in [1.807, 2.05) is 49.5 Å². The summed E-state index contributed by atoms with van der Waals surface area (Å²) in [6, 6.07) is 18.5. The van der Waals surface area contributed by atoms with E-state index in [1.54, 1.807) is 12.1 Å². The van der Waals surface area contributed by atoms with Gasteiger partial charge in [0, 0.05) is 73.2 Å². The maximum absolute atomic E-state index is 6.19. The third kappa shape index (κ3) is 6.80. The molecule has 41 heavy (non-hydrogen) atoms. The Bertz CT molecular complexity index is 1440. The van der Waals surface area contributed by atoms with Crippen molar-refractivity contribution < 1.29 is 4.74 Å². The van der Waals surface area contributed by atoms with Crippen molar-refractivity contribution in [2.75, 3.05) is 38.3 Å². The molecule has 4 aromatic rings. The molecule has 2 saturated heterocycles. The number of ether oxygens (including phenoxy) is 1. The Hall–Kier alpha value is -3.27. The lowest BCUT2D eigenvalue weighted by Gasteiger charge is -2.35. The molecule has 0 amide bonds. The number of benzene rings is 1. The molecule has 0 aliphatic carbocycles. The first-order valence-corrected chi connectivity index (χ1v) is 15.5. The highest BCUT2D eigenvalue weighted by Gasteiger charge is 2.25. The summed E-state index contributed by atoms with van der Waals surface area (Å²) in [5.41, 5.74) is 11.6. The molecule has 5 heterocycles. The molecule has 8 nitrogen and oxygen atoms in total. The fourth-order valence-corrected chi connectivity index (χ4v) is 7.27. The third-order valence-electron chi connectivity index (χ3n) is 7.72. The van der Waals surface area contributed by atoms with E-state index in [1.165, 1.54) is 0 Å². The first-order valence-electron chi connectivity index (χ1n) is 14.5. The fraction of sp³-hybridized carbons (Fsp3) is 0.438. The topological polar surface area (TPSA) is 98.5 Å². The lowest BCUT2D eigenvalue weighted by Crippen LogP contribution is -2.40. The normalized spacial score (nSPS) is 20.5. The molecule has 0 spiro atoms. The summed E-state index contributed by atoms with van der Waals surface area (Å²) in [6.07, 6.45) is 3.99. The van der Waals surface area contributed by atoms with Crippen LogP contribution in [0.4, 0.5) is 5.82 Å². The van der Waals surface area contributed by atoms with E-state index < -0.39 is 0 Å². The van der Waals surface area contributed by atoms with Crippen LogP contribution in [0.15, 0.2) is 66.5 Å². The maximum Gasteiger partial charge on any atom is 0.145 e. The number of fused-ring (bicyclic) bond motifs is 3. The molecule has 2 aliphatic rings. The van der Waals surface area contributed by atoms with Gasteiger partial charge in [-0.15, -0.1) is 0 Å². The maximum atomic E-state index is 6.19. The van der Waals surface area contributed by atoms with E-state index in [0.717, 1.165) is 84.8 Å². The van der Waals surface area contributed by atoms with Gasteiger partial charge in [-0.2, -0.15) is 11.8 Å². The minimum Gasteiger partial charge on any atom is -0.401 e. The van der Waals surface area contributed by atoms with Crippen LogP contribution in [0.3, 0.4) is 0 Å². The summed E-state index contributed by atoms with van der Waals surface area (Å²) < 4.78 is 8.00. The summed E-state index contributed by atoms with van der Waals surface area (Å²) in [7, 11) is 1.81. The van der Waals surface area contributed by atoms with Crippen molar-refractivity contribution in [3.63, 3.8) is 0 Å². The molecule has 6 rings (SSSR count). The van der Waals surface area contributed by atoms with E-state index in [0.29, 0.717) is 22.1 Å². The van der Waals surface area contributed by atoms with Crippen molar-refractivity contribution in [1.29, 1.82) is 0 Å². The monoisotopic (exact) mass is 573 g/mol. The summed E-state index contributed by atoms with van der Waals surface area (Å²) in [5.74, 6) is 7.73. The highest BCUT2D eigenvalue weighted by atomic mass is 32.2. The summed E-state index contributed by atoms with van der Waals surface area (Å²) in [4.78, 5) is 12.6. The molecule has 2 fully saturated rings. The van der Waals surface area contributed by atoms with Crippen molar-refractivity contribution in [1.82, 2.24) is 19.5 Å². The number of aromatic nitrogens is 3. The Morgan fingerprint density at radius 3 is 2.27 bits per heavy atom. The second kappa shape index (κ2) is 13.1. The SMILES string of the molecule is C/C(N)=C(\c1cnc2c3ccc(N4CC(C)SC(C)C4)nc3n(CC3CCOCC3)c2c1)N(C)N.c1ccccc1. The van der Waals surface area contributed by atoms with Gasteiger partial charge in [0.25, 0.3) is 0 Å². The van der Waals surface area contributed by atoms with Gasteiger partial charge in [0.1, 0.15) is 11.5 Å². The first kappa shape index (κ1) is 29.2. The van der Waals surface area contributed by atoms with Gasteiger partial charge in [-0.3, -0.25) is 4.98 Å². The first-order chi connectivity index (χ1) is 19.8. The standard InChI is InChI=1S/C26H37N7OS.C6H6/c1-16-13-32(14-17(2)35-16)23-6-5-21-24-22(11-20(12-29-24)25(18(3)27)31(4)28)33(26(21)30-23)15-19-7-9-34-10-8-19;1-2-4-6-5-3-1/h5-6,11-12,16-17,19H,7-10,13-15,27-28H2,1-4H3;1-6H/b25-18-;. The Balaban J connectivity index is 0.000000500. The van der Waals surface area contributed by atoms with E-state index in [2.05, 4.69) is 53.3 Å². The Morgan fingerprint density at radius 1 is 1.05 bits per heavy atom. The van der Waals surface area contributed by atoms with Crippen molar-refractivity contribution in [3.05, 3.63) is 72.1 Å².